The molecule has 1 N–H and O–H groups in total. The van der Waals surface area contributed by atoms with Gasteiger partial charge in [0.1, 0.15) is 0 Å². The van der Waals surface area contributed by atoms with Gasteiger partial charge in [0.2, 0.25) is 5.91 Å². The van der Waals surface area contributed by atoms with E-state index in [9.17, 15) is 18.0 Å². The van der Waals surface area contributed by atoms with Crippen LogP contribution in [0.15, 0.2) is 24.3 Å². The molecule has 0 aliphatic carbocycles. The second-order valence-electron chi connectivity index (χ2n) is 4.51. The number of alkyl halides is 3. The highest BCUT2D eigenvalue weighted by Crippen LogP contribution is 2.31. The van der Waals surface area contributed by atoms with Crippen LogP contribution in [0.5, 0.6) is 0 Å². The van der Waals surface area contributed by atoms with E-state index in [2.05, 4.69) is 5.32 Å². The van der Waals surface area contributed by atoms with Gasteiger partial charge in [0.05, 0.1) is 18.2 Å². The Hall–Kier alpha value is -1.56. The van der Waals surface area contributed by atoms with Crippen LogP contribution in [0.2, 0.25) is 0 Å². The molecule has 0 radical (unpaired) electrons. The lowest BCUT2D eigenvalue weighted by molar-refractivity contribution is -0.137. The van der Waals surface area contributed by atoms with E-state index >= 15 is 0 Å². The van der Waals surface area contributed by atoms with Crippen molar-refractivity contribution in [3.8, 4) is 0 Å². The lowest BCUT2D eigenvalue weighted by Gasteiger charge is -2.29. The topological polar surface area (TPSA) is 32.3 Å². The molecule has 1 rings (SSSR count). The number of halogens is 3. The first-order chi connectivity index (χ1) is 9.31. The van der Waals surface area contributed by atoms with Crippen molar-refractivity contribution >= 4 is 5.91 Å². The summed E-state index contributed by atoms with van der Waals surface area (Å²) in [6, 6.07) is 4.70. The molecule has 0 heterocycles. The van der Waals surface area contributed by atoms with Crippen LogP contribution >= 0.6 is 0 Å². The zero-order chi connectivity index (χ0) is 15.3. The monoisotopic (exact) mass is 288 g/mol. The van der Waals surface area contributed by atoms with Crippen molar-refractivity contribution in [3.05, 3.63) is 35.4 Å². The minimum atomic E-state index is -4.37. The van der Waals surface area contributed by atoms with Gasteiger partial charge in [0, 0.05) is 6.54 Å². The predicted molar refractivity (Wildman–Crippen MR) is 71.2 cm³/mol. The SMILES string of the molecule is CCN(C(=O)CNC)C(C)c1cccc(C(F)(F)F)c1. The fourth-order valence-electron chi connectivity index (χ4n) is 2.07. The summed E-state index contributed by atoms with van der Waals surface area (Å²) in [5.74, 6) is -0.139. The molecule has 112 valence electrons. The van der Waals surface area contributed by atoms with Gasteiger partial charge in [-0.15, -0.1) is 0 Å². The van der Waals surface area contributed by atoms with E-state index in [-0.39, 0.29) is 12.5 Å². The third-order valence-corrected chi connectivity index (χ3v) is 3.15. The number of likely N-dealkylation sites (N-methyl/N-ethyl adjacent to an activating group) is 2. The number of amides is 1. The molecule has 1 atom stereocenters. The Balaban J connectivity index is 3.01. The molecule has 0 aromatic heterocycles. The molecular weight excluding hydrogens is 269 g/mol. The van der Waals surface area contributed by atoms with Gasteiger partial charge in [-0.05, 0) is 38.6 Å². The average Bonchev–Trinajstić information content (AvgIpc) is 2.39. The van der Waals surface area contributed by atoms with Gasteiger partial charge in [-0.25, -0.2) is 0 Å². The highest BCUT2D eigenvalue weighted by molar-refractivity contribution is 5.78. The van der Waals surface area contributed by atoms with Gasteiger partial charge in [0.25, 0.3) is 0 Å². The van der Waals surface area contributed by atoms with Gasteiger partial charge in [-0.1, -0.05) is 12.1 Å². The van der Waals surface area contributed by atoms with Gasteiger partial charge in [-0.3, -0.25) is 4.79 Å². The lowest BCUT2D eigenvalue weighted by Crippen LogP contribution is -2.38. The summed E-state index contributed by atoms with van der Waals surface area (Å²) in [5.41, 5.74) is -0.218. The maximum Gasteiger partial charge on any atom is 0.416 e. The standard InChI is InChI=1S/C14H19F3N2O/c1-4-19(13(20)9-18-3)10(2)11-6-5-7-12(8-11)14(15,16)17/h5-8,10,18H,4,9H2,1-3H3. The zero-order valence-electron chi connectivity index (χ0n) is 11.8. The second kappa shape index (κ2) is 6.74. The first-order valence-corrected chi connectivity index (χ1v) is 6.42. The molecule has 0 saturated carbocycles. The van der Waals surface area contributed by atoms with Crippen LogP contribution in [0, 0.1) is 0 Å². The van der Waals surface area contributed by atoms with E-state index in [1.54, 1.807) is 31.9 Å². The summed E-state index contributed by atoms with van der Waals surface area (Å²) in [7, 11) is 1.65. The number of hydrogen-bond donors (Lipinski definition) is 1. The zero-order valence-corrected chi connectivity index (χ0v) is 11.8. The second-order valence-corrected chi connectivity index (χ2v) is 4.51. The summed E-state index contributed by atoms with van der Waals surface area (Å²) in [6.45, 7) is 4.14. The number of nitrogens with one attached hydrogen (secondary N) is 1. The minimum Gasteiger partial charge on any atom is -0.335 e. The summed E-state index contributed by atoms with van der Waals surface area (Å²) in [6.07, 6.45) is -4.37. The first-order valence-electron chi connectivity index (χ1n) is 6.42. The minimum absolute atomic E-state index is 0.139. The molecule has 0 saturated heterocycles. The smallest absolute Gasteiger partial charge is 0.335 e. The van der Waals surface area contributed by atoms with Crippen LogP contribution in [0.4, 0.5) is 13.2 Å². The Bertz CT molecular complexity index is 460. The highest BCUT2D eigenvalue weighted by Gasteiger charge is 2.31. The molecular formula is C14H19F3N2O. The number of nitrogens with zero attached hydrogens (tertiary/aromatic N) is 1. The van der Waals surface area contributed by atoms with Crippen molar-refractivity contribution in [1.29, 1.82) is 0 Å². The molecule has 0 bridgehead atoms. The quantitative estimate of drug-likeness (QED) is 0.903. The van der Waals surface area contributed by atoms with Crippen molar-refractivity contribution in [2.45, 2.75) is 26.1 Å². The summed E-state index contributed by atoms with van der Waals surface area (Å²) in [5, 5.41) is 2.75. The van der Waals surface area contributed by atoms with Crippen molar-refractivity contribution < 1.29 is 18.0 Å². The van der Waals surface area contributed by atoms with Crippen molar-refractivity contribution in [2.24, 2.45) is 0 Å². The molecule has 1 aromatic carbocycles. The van der Waals surface area contributed by atoms with Crippen LogP contribution in [0.25, 0.3) is 0 Å². The summed E-state index contributed by atoms with van der Waals surface area (Å²) in [4.78, 5) is 13.5. The molecule has 6 heteroatoms. The molecule has 0 aliphatic heterocycles. The molecule has 0 spiro atoms. The van der Waals surface area contributed by atoms with Gasteiger partial charge >= 0.3 is 6.18 Å². The maximum atomic E-state index is 12.7. The van der Waals surface area contributed by atoms with Gasteiger partial charge in [0.15, 0.2) is 0 Å². The van der Waals surface area contributed by atoms with E-state index in [1.165, 1.54) is 6.07 Å². The van der Waals surface area contributed by atoms with Gasteiger partial charge < -0.3 is 10.2 Å². The lowest BCUT2D eigenvalue weighted by atomic mass is 10.0. The van der Waals surface area contributed by atoms with Crippen LogP contribution in [-0.2, 0) is 11.0 Å². The highest BCUT2D eigenvalue weighted by atomic mass is 19.4. The summed E-state index contributed by atoms with van der Waals surface area (Å²) >= 11 is 0. The van der Waals surface area contributed by atoms with Gasteiger partial charge in [-0.2, -0.15) is 13.2 Å². The Morgan fingerprint density at radius 1 is 1.40 bits per heavy atom. The first kappa shape index (κ1) is 16.5. The third-order valence-electron chi connectivity index (χ3n) is 3.15. The molecule has 1 amide bonds. The van der Waals surface area contributed by atoms with Crippen LogP contribution in [0.3, 0.4) is 0 Å². The van der Waals surface area contributed by atoms with E-state index in [1.807, 2.05) is 0 Å². The number of carbonyl (C=O) groups excluding carboxylic acids is 1. The van der Waals surface area contributed by atoms with Crippen LogP contribution in [0.1, 0.15) is 31.0 Å². The van der Waals surface area contributed by atoms with E-state index in [0.717, 1.165) is 12.1 Å². The number of benzene rings is 1. The Kier molecular flexibility index (Phi) is 5.56. The summed E-state index contributed by atoms with van der Waals surface area (Å²) < 4.78 is 38.1. The van der Waals surface area contributed by atoms with Crippen molar-refractivity contribution in [2.75, 3.05) is 20.1 Å². The predicted octanol–water partition coefficient (Wildman–Crippen LogP) is 2.83. The average molecular weight is 288 g/mol. The molecule has 0 fully saturated rings. The Morgan fingerprint density at radius 2 is 2.05 bits per heavy atom. The van der Waals surface area contributed by atoms with E-state index in [4.69, 9.17) is 0 Å². The van der Waals surface area contributed by atoms with Crippen LogP contribution < -0.4 is 5.32 Å². The van der Waals surface area contributed by atoms with Crippen LogP contribution in [-0.4, -0.2) is 30.9 Å². The van der Waals surface area contributed by atoms with E-state index in [0.29, 0.717) is 12.1 Å². The molecule has 1 unspecified atom stereocenters. The van der Waals surface area contributed by atoms with Crippen molar-refractivity contribution in [1.82, 2.24) is 10.2 Å². The normalized spacial score (nSPS) is 13.1. The number of carbonyl (C=O) groups is 1. The van der Waals surface area contributed by atoms with E-state index < -0.39 is 17.8 Å². The maximum absolute atomic E-state index is 12.7. The number of rotatable bonds is 5. The largest absolute Gasteiger partial charge is 0.416 e. The molecule has 1 aromatic rings. The fraction of sp³-hybridized carbons (Fsp3) is 0.500. The fourth-order valence-corrected chi connectivity index (χ4v) is 2.07. The molecule has 20 heavy (non-hydrogen) atoms. The molecule has 3 nitrogen and oxygen atoms in total. The number of hydrogen-bond acceptors (Lipinski definition) is 2. The van der Waals surface area contributed by atoms with Crippen molar-refractivity contribution in [3.63, 3.8) is 0 Å². The third kappa shape index (κ3) is 3.96. The Labute approximate surface area is 116 Å². The Morgan fingerprint density at radius 3 is 2.55 bits per heavy atom. The molecule has 0 aliphatic rings.